The molecule has 0 unspecified atom stereocenters. The van der Waals surface area contributed by atoms with E-state index >= 15 is 0 Å². The molecule has 1 heterocycles. The Kier molecular flexibility index (Phi) is 6.84. The number of aromatic nitrogens is 2. The molecule has 30 heavy (non-hydrogen) atoms. The number of benzene rings is 2. The molecule has 0 aliphatic rings. The van der Waals surface area contributed by atoms with Crippen LogP contribution >= 0.6 is 23.2 Å². The first-order valence-corrected chi connectivity index (χ1v) is 9.57. The Morgan fingerprint density at radius 2 is 1.37 bits per heavy atom. The van der Waals surface area contributed by atoms with Gasteiger partial charge in [0.05, 0.1) is 5.69 Å². The number of alkyl halides is 2. The predicted molar refractivity (Wildman–Crippen MR) is 111 cm³/mol. The third-order valence-corrected chi connectivity index (χ3v) is 4.60. The van der Waals surface area contributed by atoms with E-state index < -0.39 is 6.43 Å². The number of hydrogen-bond acceptors (Lipinski definition) is 4. The number of allylic oxidation sites excluding steroid dienone is 1. The van der Waals surface area contributed by atoms with Crippen LogP contribution in [0.15, 0.2) is 58.8 Å². The van der Waals surface area contributed by atoms with Crippen LogP contribution in [-0.2, 0) is 7.05 Å². The van der Waals surface area contributed by atoms with Crippen LogP contribution in [0.25, 0.3) is 0 Å². The smallest absolute Gasteiger partial charge is 0.270 e. The summed E-state index contributed by atoms with van der Waals surface area (Å²) in [5.74, 6) is 2.47. The number of nitrogens with zero attached hydrogens (tertiary/aromatic N) is 2. The van der Waals surface area contributed by atoms with E-state index in [2.05, 4.69) is 5.10 Å². The van der Waals surface area contributed by atoms with E-state index in [4.69, 9.17) is 37.4 Å². The first kappa shape index (κ1) is 21.9. The maximum atomic E-state index is 13.3. The van der Waals surface area contributed by atoms with E-state index in [1.807, 2.05) is 0 Å². The van der Waals surface area contributed by atoms with E-state index in [9.17, 15) is 8.78 Å². The van der Waals surface area contributed by atoms with E-state index in [0.29, 0.717) is 28.8 Å². The van der Waals surface area contributed by atoms with Gasteiger partial charge in [0.25, 0.3) is 6.43 Å². The summed E-state index contributed by atoms with van der Waals surface area (Å²) < 4.78 is 44.8. The van der Waals surface area contributed by atoms with Gasteiger partial charge in [-0.05, 0) is 62.4 Å². The third kappa shape index (κ3) is 5.23. The third-order valence-electron chi connectivity index (χ3n) is 4.07. The van der Waals surface area contributed by atoms with Crippen molar-refractivity contribution in [1.82, 2.24) is 9.78 Å². The maximum absolute atomic E-state index is 13.3. The predicted octanol–water partition coefficient (Wildman–Crippen LogP) is 7.30. The standard InChI is InChI=1S/C21H18Cl2F2N2O3/c1-12-18(20(24)25)21(27(3)26-12)30-17-10-8-16(9-11-17)29-15-6-4-14(5-7-15)28-13(2)19(22)23/h4-11,20H,1-3H3. The molecule has 3 aromatic rings. The number of halogens is 4. The van der Waals surface area contributed by atoms with Crippen molar-refractivity contribution in [3.05, 3.63) is 70.0 Å². The van der Waals surface area contributed by atoms with Crippen LogP contribution in [0.4, 0.5) is 8.78 Å². The van der Waals surface area contributed by atoms with Gasteiger partial charge >= 0.3 is 0 Å². The quantitative estimate of drug-likeness (QED) is 0.351. The van der Waals surface area contributed by atoms with E-state index in [-0.39, 0.29) is 21.6 Å². The minimum atomic E-state index is -2.68. The Bertz CT molecular complexity index is 1050. The van der Waals surface area contributed by atoms with Crippen LogP contribution in [0.2, 0.25) is 0 Å². The second-order valence-corrected chi connectivity index (χ2v) is 7.24. The van der Waals surface area contributed by atoms with Crippen molar-refractivity contribution >= 4 is 23.2 Å². The van der Waals surface area contributed by atoms with Crippen LogP contribution in [0, 0.1) is 6.92 Å². The summed E-state index contributed by atoms with van der Waals surface area (Å²) in [5, 5.41) is 4.00. The Morgan fingerprint density at radius 1 is 0.900 bits per heavy atom. The molecule has 2 aromatic carbocycles. The topological polar surface area (TPSA) is 45.5 Å². The molecule has 0 radical (unpaired) electrons. The summed E-state index contributed by atoms with van der Waals surface area (Å²) in [5.41, 5.74) is 0.00885. The van der Waals surface area contributed by atoms with Crippen LogP contribution in [-0.4, -0.2) is 9.78 Å². The molecule has 158 valence electrons. The number of hydrogen-bond donors (Lipinski definition) is 0. The summed E-state index contributed by atoms with van der Waals surface area (Å²) in [7, 11) is 1.55. The summed E-state index contributed by atoms with van der Waals surface area (Å²) >= 11 is 11.3. The molecule has 1 aromatic heterocycles. The molecule has 0 saturated carbocycles. The lowest BCUT2D eigenvalue weighted by Crippen LogP contribution is -1.97. The molecule has 9 heteroatoms. The largest absolute Gasteiger partial charge is 0.460 e. The Hall–Kier alpha value is -2.77. The second kappa shape index (κ2) is 9.36. The van der Waals surface area contributed by atoms with Gasteiger partial charge in [0.15, 0.2) is 0 Å². The highest BCUT2D eigenvalue weighted by Gasteiger charge is 2.23. The van der Waals surface area contributed by atoms with E-state index in [1.54, 1.807) is 62.5 Å². The van der Waals surface area contributed by atoms with Crippen molar-refractivity contribution in [2.24, 2.45) is 7.05 Å². The van der Waals surface area contributed by atoms with Crippen molar-refractivity contribution in [2.75, 3.05) is 0 Å². The van der Waals surface area contributed by atoms with E-state index in [1.165, 1.54) is 11.6 Å². The van der Waals surface area contributed by atoms with Gasteiger partial charge < -0.3 is 14.2 Å². The highest BCUT2D eigenvalue weighted by Crippen LogP contribution is 2.35. The lowest BCUT2D eigenvalue weighted by atomic mass is 10.2. The first-order valence-electron chi connectivity index (χ1n) is 8.81. The summed E-state index contributed by atoms with van der Waals surface area (Å²) in [6, 6.07) is 13.5. The number of aryl methyl sites for hydroxylation is 2. The van der Waals surface area contributed by atoms with Crippen molar-refractivity contribution in [3.8, 4) is 28.9 Å². The SMILES string of the molecule is CC(Oc1ccc(Oc2ccc(Oc3c(C(F)F)c(C)nn3C)cc2)cc1)=C(Cl)Cl. The molecule has 0 fully saturated rings. The molecule has 0 N–H and O–H groups in total. The van der Waals surface area contributed by atoms with Gasteiger partial charge in [-0.1, -0.05) is 23.2 Å². The maximum Gasteiger partial charge on any atom is 0.270 e. The van der Waals surface area contributed by atoms with Gasteiger partial charge in [0.1, 0.15) is 38.8 Å². The monoisotopic (exact) mass is 454 g/mol. The fraction of sp³-hybridized carbons (Fsp3) is 0.190. The number of ether oxygens (including phenoxy) is 3. The van der Waals surface area contributed by atoms with Gasteiger partial charge in [-0.3, -0.25) is 0 Å². The van der Waals surface area contributed by atoms with Gasteiger partial charge in [-0.25, -0.2) is 13.5 Å². The minimum absolute atomic E-state index is 0.00755. The van der Waals surface area contributed by atoms with Gasteiger partial charge in [-0.15, -0.1) is 0 Å². The minimum Gasteiger partial charge on any atom is -0.460 e. The Balaban J connectivity index is 1.68. The second-order valence-electron chi connectivity index (χ2n) is 6.29. The first-order chi connectivity index (χ1) is 14.2. The van der Waals surface area contributed by atoms with Gasteiger partial charge in [0.2, 0.25) is 5.88 Å². The molecule has 0 spiro atoms. The molecule has 3 rings (SSSR count). The lowest BCUT2D eigenvalue weighted by molar-refractivity contribution is 0.147. The van der Waals surface area contributed by atoms with Crippen molar-refractivity contribution in [3.63, 3.8) is 0 Å². The molecule has 0 aliphatic heterocycles. The fourth-order valence-corrected chi connectivity index (χ4v) is 2.72. The summed E-state index contributed by atoms with van der Waals surface area (Å²) in [6.45, 7) is 3.17. The molecule has 5 nitrogen and oxygen atoms in total. The van der Waals surface area contributed by atoms with Crippen molar-refractivity contribution < 1.29 is 23.0 Å². The molecule has 0 aliphatic carbocycles. The van der Waals surface area contributed by atoms with Crippen LogP contribution < -0.4 is 14.2 Å². The Morgan fingerprint density at radius 3 is 1.83 bits per heavy atom. The Labute approximate surface area is 182 Å². The number of rotatable bonds is 7. The van der Waals surface area contributed by atoms with Crippen molar-refractivity contribution in [2.45, 2.75) is 20.3 Å². The molecular formula is C21H18Cl2F2N2O3. The van der Waals surface area contributed by atoms with E-state index in [0.717, 1.165) is 0 Å². The highest BCUT2D eigenvalue weighted by molar-refractivity contribution is 6.56. The molecule has 0 saturated heterocycles. The van der Waals surface area contributed by atoms with Crippen LogP contribution in [0.3, 0.4) is 0 Å². The van der Waals surface area contributed by atoms with Crippen molar-refractivity contribution in [1.29, 1.82) is 0 Å². The molecule has 0 bridgehead atoms. The summed E-state index contributed by atoms with van der Waals surface area (Å²) in [6.07, 6.45) is -2.68. The van der Waals surface area contributed by atoms with Gasteiger partial charge in [0, 0.05) is 7.05 Å². The average Bonchev–Trinajstić information content (AvgIpc) is 2.98. The normalized spacial score (nSPS) is 10.8. The zero-order chi connectivity index (χ0) is 21.8. The lowest BCUT2D eigenvalue weighted by Gasteiger charge is -2.10. The highest BCUT2D eigenvalue weighted by atomic mass is 35.5. The molecule has 0 atom stereocenters. The van der Waals surface area contributed by atoms with Gasteiger partial charge in [-0.2, -0.15) is 5.10 Å². The molecule has 0 amide bonds. The fourth-order valence-electron chi connectivity index (χ4n) is 2.64. The molecular weight excluding hydrogens is 437 g/mol. The zero-order valence-electron chi connectivity index (χ0n) is 16.3. The van der Waals surface area contributed by atoms with Crippen LogP contribution in [0.1, 0.15) is 24.6 Å². The average molecular weight is 455 g/mol. The van der Waals surface area contributed by atoms with Crippen LogP contribution in [0.5, 0.6) is 28.9 Å². The zero-order valence-corrected chi connectivity index (χ0v) is 17.8. The summed E-state index contributed by atoms with van der Waals surface area (Å²) in [4.78, 5) is 0.